The Morgan fingerprint density at radius 3 is 1.60 bits per heavy atom. The second kappa shape index (κ2) is 7.14. The SMILES string of the molecule is C.C.C.CCC(C)n1c2ccccc2c2ccccc21. The Morgan fingerprint density at radius 2 is 1.20 bits per heavy atom. The fraction of sp³-hybridized carbons (Fsp3) is 0.368. The molecule has 0 aliphatic carbocycles. The summed E-state index contributed by atoms with van der Waals surface area (Å²) < 4.78 is 2.46. The predicted molar refractivity (Wildman–Crippen MR) is 94.6 cm³/mol. The van der Waals surface area contributed by atoms with Crippen molar-refractivity contribution < 1.29 is 0 Å². The van der Waals surface area contributed by atoms with Gasteiger partial charge in [-0.2, -0.15) is 0 Å². The van der Waals surface area contributed by atoms with Crippen LogP contribution in [0.4, 0.5) is 0 Å². The largest absolute Gasteiger partial charge is 0.338 e. The highest BCUT2D eigenvalue weighted by atomic mass is 15.0. The van der Waals surface area contributed by atoms with Crippen LogP contribution in [0.3, 0.4) is 0 Å². The zero-order valence-corrected chi connectivity index (χ0v) is 10.4. The molecule has 1 heteroatoms. The van der Waals surface area contributed by atoms with Gasteiger partial charge in [0.05, 0.1) is 0 Å². The normalized spacial score (nSPS) is 11.3. The van der Waals surface area contributed by atoms with E-state index in [4.69, 9.17) is 0 Å². The first-order valence-corrected chi connectivity index (χ1v) is 6.30. The Hall–Kier alpha value is -1.76. The van der Waals surface area contributed by atoms with E-state index in [0.29, 0.717) is 6.04 Å². The molecule has 3 rings (SSSR count). The molecule has 1 atom stereocenters. The molecule has 0 aliphatic heterocycles. The van der Waals surface area contributed by atoms with Crippen molar-refractivity contribution in [1.29, 1.82) is 0 Å². The molecule has 0 N–H and O–H groups in total. The lowest BCUT2D eigenvalue weighted by Crippen LogP contribution is -2.02. The second-order valence-corrected chi connectivity index (χ2v) is 4.66. The average molecular weight is 271 g/mol. The van der Waals surface area contributed by atoms with Gasteiger partial charge in [0.15, 0.2) is 0 Å². The third-order valence-corrected chi connectivity index (χ3v) is 3.65. The minimum atomic E-state index is 0. The van der Waals surface area contributed by atoms with Crippen LogP contribution in [0.5, 0.6) is 0 Å². The smallest absolute Gasteiger partial charge is 0.0493 e. The molecular formula is C19H29N. The zero-order chi connectivity index (χ0) is 11.8. The highest BCUT2D eigenvalue weighted by Gasteiger charge is 2.12. The van der Waals surface area contributed by atoms with Gasteiger partial charge in [0.2, 0.25) is 0 Å². The Morgan fingerprint density at radius 1 is 0.800 bits per heavy atom. The minimum absolute atomic E-state index is 0. The van der Waals surface area contributed by atoms with Crippen LogP contribution in [0.15, 0.2) is 48.5 Å². The first-order valence-electron chi connectivity index (χ1n) is 6.30. The van der Waals surface area contributed by atoms with E-state index < -0.39 is 0 Å². The molecule has 0 amide bonds. The molecule has 0 saturated carbocycles. The molecule has 0 aliphatic rings. The molecule has 110 valence electrons. The summed E-state index contributed by atoms with van der Waals surface area (Å²) in [4.78, 5) is 0. The number of nitrogens with zero attached hydrogens (tertiary/aromatic N) is 1. The number of hydrogen-bond donors (Lipinski definition) is 0. The summed E-state index contributed by atoms with van der Waals surface area (Å²) in [6, 6.07) is 17.9. The van der Waals surface area contributed by atoms with Crippen LogP contribution in [-0.4, -0.2) is 4.57 Å². The predicted octanol–water partition coefficient (Wildman–Crippen LogP) is 6.67. The van der Waals surface area contributed by atoms with Crippen LogP contribution in [0, 0.1) is 0 Å². The van der Waals surface area contributed by atoms with Crippen molar-refractivity contribution in [2.45, 2.75) is 48.6 Å². The Kier molecular flexibility index (Phi) is 6.51. The van der Waals surface area contributed by atoms with Crippen molar-refractivity contribution in [3.8, 4) is 0 Å². The van der Waals surface area contributed by atoms with Gasteiger partial charge >= 0.3 is 0 Å². The number of para-hydroxylation sites is 2. The maximum atomic E-state index is 2.46. The highest BCUT2D eigenvalue weighted by Crippen LogP contribution is 2.32. The van der Waals surface area contributed by atoms with E-state index in [9.17, 15) is 0 Å². The molecule has 0 saturated heterocycles. The summed E-state index contributed by atoms with van der Waals surface area (Å²) >= 11 is 0. The Bertz CT molecular complexity index is 610. The average Bonchev–Trinajstić information content (AvgIpc) is 2.72. The van der Waals surface area contributed by atoms with E-state index in [1.54, 1.807) is 0 Å². The molecule has 20 heavy (non-hydrogen) atoms. The first-order chi connectivity index (χ1) is 8.33. The molecule has 0 radical (unpaired) electrons. The fourth-order valence-corrected chi connectivity index (χ4v) is 2.61. The van der Waals surface area contributed by atoms with Crippen LogP contribution in [-0.2, 0) is 0 Å². The lowest BCUT2D eigenvalue weighted by atomic mass is 10.2. The van der Waals surface area contributed by atoms with Gasteiger partial charge in [-0.15, -0.1) is 0 Å². The molecule has 1 aromatic heterocycles. The van der Waals surface area contributed by atoms with Gasteiger partial charge < -0.3 is 4.57 Å². The zero-order valence-electron chi connectivity index (χ0n) is 10.4. The van der Waals surface area contributed by atoms with Gasteiger partial charge in [-0.3, -0.25) is 0 Å². The van der Waals surface area contributed by atoms with E-state index in [2.05, 4.69) is 66.9 Å². The molecule has 3 aromatic rings. The maximum Gasteiger partial charge on any atom is 0.0493 e. The lowest BCUT2D eigenvalue weighted by Gasteiger charge is -2.14. The monoisotopic (exact) mass is 271 g/mol. The van der Waals surface area contributed by atoms with Gasteiger partial charge in [-0.1, -0.05) is 65.6 Å². The van der Waals surface area contributed by atoms with Gasteiger partial charge in [0.25, 0.3) is 0 Å². The van der Waals surface area contributed by atoms with Gasteiger partial charge in [-0.25, -0.2) is 0 Å². The summed E-state index contributed by atoms with van der Waals surface area (Å²) in [6.07, 6.45) is 1.16. The van der Waals surface area contributed by atoms with Crippen molar-refractivity contribution in [2.75, 3.05) is 0 Å². The van der Waals surface area contributed by atoms with Crippen molar-refractivity contribution in [2.24, 2.45) is 0 Å². The van der Waals surface area contributed by atoms with Crippen molar-refractivity contribution in [3.63, 3.8) is 0 Å². The number of fused-ring (bicyclic) bond motifs is 3. The van der Waals surface area contributed by atoms with Crippen molar-refractivity contribution in [1.82, 2.24) is 4.57 Å². The number of benzene rings is 2. The molecule has 0 bridgehead atoms. The Balaban J connectivity index is 0.00000120. The summed E-state index contributed by atoms with van der Waals surface area (Å²) in [7, 11) is 0. The third-order valence-electron chi connectivity index (χ3n) is 3.65. The van der Waals surface area contributed by atoms with E-state index in [0.717, 1.165) is 6.42 Å². The number of hydrogen-bond acceptors (Lipinski definition) is 0. The molecule has 1 heterocycles. The molecule has 1 nitrogen and oxygen atoms in total. The molecule has 0 spiro atoms. The van der Waals surface area contributed by atoms with Crippen LogP contribution >= 0.6 is 0 Å². The van der Waals surface area contributed by atoms with E-state index >= 15 is 0 Å². The first kappa shape index (κ1) is 18.2. The van der Waals surface area contributed by atoms with Gasteiger partial charge in [-0.05, 0) is 25.5 Å². The molecule has 1 unspecified atom stereocenters. The van der Waals surface area contributed by atoms with E-state index in [1.807, 2.05) is 0 Å². The standard InChI is InChI=1S/C16H17N.3CH4/c1-3-12(2)17-15-10-6-4-8-13(15)14-9-5-7-11-16(14)17;;;/h4-12H,3H2,1-2H3;3*1H4. The van der Waals surface area contributed by atoms with Crippen molar-refractivity contribution in [3.05, 3.63) is 48.5 Å². The third kappa shape index (κ3) is 2.58. The van der Waals surface area contributed by atoms with Crippen LogP contribution in [0.25, 0.3) is 21.8 Å². The quantitative estimate of drug-likeness (QED) is 0.490. The van der Waals surface area contributed by atoms with E-state index in [-0.39, 0.29) is 22.3 Å². The van der Waals surface area contributed by atoms with Gasteiger partial charge in [0, 0.05) is 27.8 Å². The molecule has 0 fully saturated rings. The highest BCUT2D eigenvalue weighted by molar-refractivity contribution is 6.08. The minimum Gasteiger partial charge on any atom is -0.338 e. The summed E-state index contributed by atoms with van der Waals surface area (Å²) in [5, 5.41) is 2.73. The van der Waals surface area contributed by atoms with Crippen LogP contribution < -0.4 is 0 Å². The van der Waals surface area contributed by atoms with Crippen molar-refractivity contribution >= 4 is 21.8 Å². The fourth-order valence-electron chi connectivity index (χ4n) is 2.61. The molecular weight excluding hydrogens is 242 g/mol. The van der Waals surface area contributed by atoms with Gasteiger partial charge in [0.1, 0.15) is 0 Å². The summed E-state index contributed by atoms with van der Waals surface area (Å²) in [6.45, 7) is 4.53. The summed E-state index contributed by atoms with van der Waals surface area (Å²) in [5.74, 6) is 0. The number of rotatable bonds is 2. The van der Waals surface area contributed by atoms with Crippen LogP contribution in [0.2, 0.25) is 0 Å². The Labute approximate surface area is 124 Å². The number of aromatic nitrogens is 1. The topological polar surface area (TPSA) is 4.93 Å². The maximum absolute atomic E-state index is 2.46. The lowest BCUT2D eigenvalue weighted by molar-refractivity contribution is 0.563. The van der Waals surface area contributed by atoms with E-state index in [1.165, 1.54) is 21.8 Å². The second-order valence-electron chi connectivity index (χ2n) is 4.66. The molecule has 2 aromatic carbocycles. The summed E-state index contributed by atoms with van der Waals surface area (Å²) in [5.41, 5.74) is 2.70. The van der Waals surface area contributed by atoms with Crippen LogP contribution in [0.1, 0.15) is 48.6 Å².